The van der Waals surface area contributed by atoms with Gasteiger partial charge in [-0.15, -0.1) is 0 Å². The zero-order valence-electron chi connectivity index (χ0n) is 10.7. The van der Waals surface area contributed by atoms with E-state index in [0.717, 1.165) is 32.4 Å². The average Bonchev–Trinajstić information content (AvgIpc) is 2.29. The summed E-state index contributed by atoms with van der Waals surface area (Å²) < 4.78 is 28.5. The Bertz CT molecular complexity index is 342. The van der Waals surface area contributed by atoms with Gasteiger partial charge < -0.3 is 5.32 Å². The minimum atomic E-state index is -3.26. The predicted molar refractivity (Wildman–Crippen MR) is 68.0 cm³/mol. The molecule has 0 radical (unpaired) electrons. The van der Waals surface area contributed by atoms with Crippen LogP contribution < -0.4 is 5.32 Å². The molecule has 5 nitrogen and oxygen atoms in total. The van der Waals surface area contributed by atoms with Crippen LogP contribution in [0.5, 0.6) is 0 Å². The van der Waals surface area contributed by atoms with Crippen LogP contribution in [0.4, 0.5) is 0 Å². The van der Waals surface area contributed by atoms with Crippen LogP contribution in [0.25, 0.3) is 0 Å². The summed E-state index contributed by atoms with van der Waals surface area (Å²) in [4.78, 5) is 0. The van der Waals surface area contributed by atoms with E-state index in [0.29, 0.717) is 13.1 Å². The van der Waals surface area contributed by atoms with E-state index in [1.807, 2.05) is 13.8 Å². The Labute approximate surface area is 104 Å². The summed E-state index contributed by atoms with van der Waals surface area (Å²) in [5, 5.41) is 3.19. The summed E-state index contributed by atoms with van der Waals surface area (Å²) in [6, 6.07) is 0.275. The maximum atomic E-state index is 12.6. The van der Waals surface area contributed by atoms with Gasteiger partial charge in [0.25, 0.3) is 10.2 Å². The van der Waals surface area contributed by atoms with E-state index in [9.17, 15) is 8.42 Å². The Morgan fingerprint density at radius 3 is 2.12 bits per heavy atom. The van der Waals surface area contributed by atoms with Crippen molar-refractivity contribution in [3.63, 3.8) is 0 Å². The highest BCUT2D eigenvalue weighted by Crippen LogP contribution is 2.27. The van der Waals surface area contributed by atoms with Gasteiger partial charge in [0, 0.05) is 38.3 Å². The first kappa shape index (κ1) is 13.3. The first-order valence-electron chi connectivity index (χ1n) is 6.53. The van der Waals surface area contributed by atoms with Crippen LogP contribution in [0.3, 0.4) is 0 Å². The molecule has 0 bridgehead atoms. The summed E-state index contributed by atoms with van der Waals surface area (Å²) >= 11 is 0. The molecule has 2 rings (SSSR count). The standard InChI is InChI=1S/C11H23N3O2S/c1-10-4-3-5-11(2)14(10)17(15,16)13-8-6-12-7-9-13/h10-12H,3-9H2,1-2H3/t10-,11+. The van der Waals surface area contributed by atoms with Gasteiger partial charge in [0.2, 0.25) is 0 Å². The van der Waals surface area contributed by atoms with Crippen molar-refractivity contribution in [2.24, 2.45) is 0 Å². The van der Waals surface area contributed by atoms with Crippen LogP contribution in [0.1, 0.15) is 33.1 Å². The fourth-order valence-corrected chi connectivity index (χ4v) is 4.89. The fraction of sp³-hybridized carbons (Fsp3) is 1.00. The number of piperazine rings is 1. The van der Waals surface area contributed by atoms with E-state index in [1.54, 1.807) is 8.61 Å². The van der Waals surface area contributed by atoms with E-state index in [4.69, 9.17) is 0 Å². The molecule has 2 atom stereocenters. The van der Waals surface area contributed by atoms with Crippen LogP contribution in [0, 0.1) is 0 Å². The highest BCUT2D eigenvalue weighted by atomic mass is 32.2. The minimum absolute atomic E-state index is 0.138. The number of nitrogens with one attached hydrogen (secondary N) is 1. The van der Waals surface area contributed by atoms with Crippen LogP contribution in [-0.2, 0) is 10.2 Å². The van der Waals surface area contributed by atoms with Crippen LogP contribution in [-0.4, -0.2) is 55.3 Å². The lowest BCUT2D eigenvalue weighted by molar-refractivity contribution is 0.185. The van der Waals surface area contributed by atoms with Gasteiger partial charge in [-0.05, 0) is 26.7 Å². The second-order valence-corrected chi connectivity index (χ2v) is 6.95. The van der Waals surface area contributed by atoms with E-state index < -0.39 is 10.2 Å². The van der Waals surface area contributed by atoms with Crippen molar-refractivity contribution in [1.29, 1.82) is 0 Å². The largest absolute Gasteiger partial charge is 0.314 e. The van der Waals surface area contributed by atoms with E-state index >= 15 is 0 Å². The second-order valence-electron chi connectivity index (χ2n) is 5.12. The Hall–Kier alpha value is -0.170. The van der Waals surface area contributed by atoms with Crippen LogP contribution in [0.15, 0.2) is 0 Å². The lowest BCUT2D eigenvalue weighted by Gasteiger charge is -2.41. The third kappa shape index (κ3) is 2.65. The number of piperidine rings is 1. The van der Waals surface area contributed by atoms with Crippen molar-refractivity contribution >= 4 is 10.2 Å². The molecule has 100 valence electrons. The molecule has 2 aliphatic rings. The zero-order valence-corrected chi connectivity index (χ0v) is 11.5. The highest BCUT2D eigenvalue weighted by molar-refractivity contribution is 7.86. The topological polar surface area (TPSA) is 52.7 Å². The molecule has 0 saturated carbocycles. The molecular weight excluding hydrogens is 238 g/mol. The summed E-state index contributed by atoms with van der Waals surface area (Å²) in [6.07, 6.45) is 3.10. The molecule has 0 unspecified atom stereocenters. The SMILES string of the molecule is C[C@@H]1CCC[C@H](C)N1S(=O)(=O)N1CCNCC1. The minimum Gasteiger partial charge on any atom is -0.314 e. The predicted octanol–water partition coefficient (Wildman–Crippen LogP) is 0.399. The molecule has 0 aromatic heterocycles. The molecule has 17 heavy (non-hydrogen) atoms. The highest BCUT2D eigenvalue weighted by Gasteiger charge is 2.38. The Balaban J connectivity index is 2.17. The maximum absolute atomic E-state index is 12.6. The Kier molecular flexibility index (Phi) is 4.07. The molecular formula is C11H23N3O2S. The first-order chi connectivity index (χ1) is 8.03. The fourth-order valence-electron chi connectivity index (χ4n) is 2.86. The Morgan fingerprint density at radius 2 is 1.59 bits per heavy atom. The maximum Gasteiger partial charge on any atom is 0.282 e. The van der Waals surface area contributed by atoms with Gasteiger partial charge in [0.05, 0.1) is 0 Å². The van der Waals surface area contributed by atoms with Gasteiger partial charge in [-0.3, -0.25) is 0 Å². The lowest BCUT2D eigenvalue weighted by atomic mass is 10.0. The third-order valence-electron chi connectivity index (χ3n) is 3.78. The smallest absolute Gasteiger partial charge is 0.282 e. The molecule has 2 fully saturated rings. The molecule has 0 aromatic carbocycles. The van der Waals surface area contributed by atoms with E-state index in [1.165, 1.54) is 0 Å². The number of hydrogen-bond donors (Lipinski definition) is 1. The van der Waals surface area contributed by atoms with Crippen LogP contribution in [0.2, 0.25) is 0 Å². The quantitative estimate of drug-likeness (QED) is 0.783. The normalized spacial score (nSPS) is 33.8. The molecule has 0 spiro atoms. The van der Waals surface area contributed by atoms with Crippen molar-refractivity contribution in [3.05, 3.63) is 0 Å². The van der Waals surface area contributed by atoms with E-state index in [-0.39, 0.29) is 12.1 Å². The molecule has 0 aliphatic carbocycles. The van der Waals surface area contributed by atoms with Gasteiger partial charge in [-0.2, -0.15) is 17.0 Å². The average molecular weight is 261 g/mol. The number of rotatable bonds is 2. The Morgan fingerprint density at radius 1 is 1.06 bits per heavy atom. The molecule has 2 saturated heterocycles. The number of nitrogens with zero attached hydrogens (tertiary/aromatic N) is 2. The summed E-state index contributed by atoms with van der Waals surface area (Å²) in [5.74, 6) is 0. The van der Waals surface area contributed by atoms with Gasteiger partial charge in [0.15, 0.2) is 0 Å². The molecule has 2 aliphatic heterocycles. The van der Waals surface area contributed by atoms with Crippen molar-refractivity contribution in [2.75, 3.05) is 26.2 Å². The summed E-state index contributed by atoms with van der Waals surface area (Å²) in [6.45, 7) is 6.76. The van der Waals surface area contributed by atoms with Crippen LogP contribution >= 0.6 is 0 Å². The molecule has 1 N–H and O–H groups in total. The zero-order chi connectivity index (χ0) is 12.5. The van der Waals surface area contributed by atoms with Gasteiger partial charge in [0.1, 0.15) is 0 Å². The second kappa shape index (κ2) is 5.22. The summed E-state index contributed by atoms with van der Waals surface area (Å²) in [5.41, 5.74) is 0. The third-order valence-corrected chi connectivity index (χ3v) is 6.05. The van der Waals surface area contributed by atoms with Gasteiger partial charge in [-0.25, -0.2) is 0 Å². The van der Waals surface area contributed by atoms with E-state index in [2.05, 4.69) is 5.32 Å². The molecule has 0 aromatic rings. The lowest BCUT2D eigenvalue weighted by Crippen LogP contribution is -2.57. The van der Waals surface area contributed by atoms with Crippen molar-refractivity contribution in [2.45, 2.75) is 45.2 Å². The molecule has 6 heteroatoms. The molecule has 0 amide bonds. The summed E-state index contributed by atoms with van der Waals surface area (Å²) in [7, 11) is -3.26. The van der Waals surface area contributed by atoms with Crippen molar-refractivity contribution in [1.82, 2.24) is 13.9 Å². The number of hydrogen-bond acceptors (Lipinski definition) is 3. The molecule has 2 heterocycles. The van der Waals surface area contributed by atoms with Crippen molar-refractivity contribution in [3.8, 4) is 0 Å². The monoisotopic (exact) mass is 261 g/mol. The van der Waals surface area contributed by atoms with Gasteiger partial charge >= 0.3 is 0 Å². The van der Waals surface area contributed by atoms with Gasteiger partial charge in [-0.1, -0.05) is 6.42 Å². The first-order valence-corrected chi connectivity index (χ1v) is 7.92. The van der Waals surface area contributed by atoms with Crippen molar-refractivity contribution < 1.29 is 8.42 Å².